The molecule has 1 aliphatic rings. The predicted octanol–water partition coefficient (Wildman–Crippen LogP) is 1.93. The zero-order valence-electron chi connectivity index (χ0n) is 18.4. The van der Waals surface area contributed by atoms with Crippen LogP contribution in [-0.2, 0) is 7.05 Å². The first kappa shape index (κ1) is 20.1. The maximum absolute atomic E-state index is 12.9. The number of hydrogen-bond acceptors (Lipinski definition) is 7. The van der Waals surface area contributed by atoms with Gasteiger partial charge < -0.3 is 23.8 Å². The van der Waals surface area contributed by atoms with E-state index in [4.69, 9.17) is 19.4 Å². The minimum absolute atomic E-state index is 0.175. The number of rotatable bonds is 4. The van der Waals surface area contributed by atoms with Gasteiger partial charge in [-0.3, -0.25) is 9.78 Å². The Kier molecular flexibility index (Phi) is 5.05. The molecule has 0 radical (unpaired) electrons. The van der Waals surface area contributed by atoms with Crippen LogP contribution in [-0.4, -0.2) is 59.9 Å². The summed E-state index contributed by atoms with van der Waals surface area (Å²) in [5.41, 5.74) is 3.37. The number of aryl methyl sites for hydroxylation is 2. The highest BCUT2D eigenvalue weighted by Gasteiger charge is 2.24. The molecule has 0 amide bonds. The van der Waals surface area contributed by atoms with Crippen molar-refractivity contribution in [3.63, 3.8) is 0 Å². The van der Waals surface area contributed by atoms with Gasteiger partial charge in [-0.15, -0.1) is 0 Å². The van der Waals surface area contributed by atoms with Crippen LogP contribution in [0.1, 0.15) is 17.0 Å². The quantitative estimate of drug-likeness (QED) is 0.700. The third-order valence-electron chi connectivity index (χ3n) is 6.02. The normalized spacial score (nSPS) is 14.5. The Morgan fingerprint density at radius 2 is 1.67 bits per heavy atom. The fourth-order valence-electron chi connectivity index (χ4n) is 4.09. The lowest BCUT2D eigenvalue weighted by Crippen LogP contribution is -2.48. The van der Waals surface area contributed by atoms with Crippen molar-refractivity contribution in [2.45, 2.75) is 20.8 Å². The Labute approximate surface area is 175 Å². The highest BCUT2D eigenvalue weighted by molar-refractivity contribution is 5.86. The van der Waals surface area contributed by atoms with Gasteiger partial charge in [-0.25, -0.2) is 9.97 Å². The lowest BCUT2D eigenvalue weighted by molar-refractivity contribution is 0.354. The molecule has 3 heterocycles. The number of aromatic nitrogens is 4. The van der Waals surface area contributed by atoms with E-state index >= 15 is 0 Å². The molecule has 3 aromatic rings. The van der Waals surface area contributed by atoms with Crippen molar-refractivity contribution in [2.75, 3.05) is 50.2 Å². The zero-order chi connectivity index (χ0) is 21.6. The molecular formula is C21H28N6O3. The molecule has 0 saturated carbocycles. The second kappa shape index (κ2) is 7.55. The Morgan fingerprint density at radius 1 is 1.00 bits per heavy atom. The van der Waals surface area contributed by atoms with Crippen molar-refractivity contribution < 1.29 is 9.47 Å². The summed E-state index contributed by atoms with van der Waals surface area (Å²) in [7, 11) is 5.19. The van der Waals surface area contributed by atoms with Gasteiger partial charge in [-0.1, -0.05) is 0 Å². The average molecular weight is 412 g/mol. The van der Waals surface area contributed by atoms with Crippen LogP contribution in [0, 0.1) is 20.8 Å². The molecule has 0 atom stereocenters. The molecule has 0 spiro atoms. The molecule has 4 rings (SSSR count). The maximum Gasteiger partial charge on any atom is 0.260 e. The molecule has 0 bridgehead atoms. The number of anilines is 2. The number of H-pyrrole nitrogens is 1. The van der Waals surface area contributed by atoms with Crippen LogP contribution >= 0.6 is 0 Å². The van der Waals surface area contributed by atoms with Gasteiger partial charge in [0.25, 0.3) is 5.56 Å². The molecule has 1 fully saturated rings. The predicted molar refractivity (Wildman–Crippen MR) is 117 cm³/mol. The molecule has 9 nitrogen and oxygen atoms in total. The molecule has 1 aliphatic heterocycles. The van der Waals surface area contributed by atoms with E-state index < -0.39 is 0 Å². The van der Waals surface area contributed by atoms with Crippen molar-refractivity contribution in [3.05, 3.63) is 33.4 Å². The van der Waals surface area contributed by atoms with Gasteiger partial charge in [0.2, 0.25) is 11.9 Å². The summed E-state index contributed by atoms with van der Waals surface area (Å²) >= 11 is 0. The number of nitrogens with zero attached hydrogens (tertiary/aromatic N) is 5. The van der Waals surface area contributed by atoms with Crippen molar-refractivity contribution in [1.29, 1.82) is 0 Å². The van der Waals surface area contributed by atoms with E-state index in [-0.39, 0.29) is 5.56 Å². The molecule has 160 valence electrons. The smallest absolute Gasteiger partial charge is 0.260 e. The van der Waals surface area contributed by atoms with Crippen LogP contribution in [0.25, 0.3) is 10.9 Å². The van der Waals surface area contributed by atoms with Crippen LogP contribution in [0.5, 0.6) is 11.5 Å². The van der Waals surface area contributed by atoms with Gasteiger partial charge in [0, 0.05) is 50.6 Å². The monoisotopic (exact) mass is 412 g/mol. The van der Waals surface area contributed by atoms with E-state index in [9.17, 15) is 4.79 Å². The van der Waals surface area contributed by atoms with Gasteiger partial charge in [0.15, 0.2) is 11.5 Å². The summed E-state index contributed by atoms with van der Waals surface area (Å²) in [6.45, 7) is 9.04. The van der Waals surface area contributed by atoms with Crippen molar-refractivity contribution in [1.82, 2.24) is 19.5 Å². The van der Waals surface area contributed by atoms with Gasteiger partial charge >= 0.3 is 0 Å². The second-order valence-electron chi connectivity index (χ2n) is 7.64. The number of nitrogens with one attached hydrogen (secondary N) is 1. The number of benzene rings is 1. The second-order valence-corrected chi connectivity index (χ2v) is 7.64. The fourth-order valence-corrected chi connectivity index (χ4v) is 4.09. The Bertz CT molecular complexity index is 1160. The number of imidazole rings is 1. The van der Waals surface area contributed by atoms with Crippen LogP contribution in [0.15, 0.2) is 10.9 Å². The van der Waals surface area contributed by atoms with Crippen molar-refractivity contribution >= 4 is 22.8 Å². The first-order valence-corrected chi connectivity index (χ1v) is 10.0. The minimum Gasteiger partial charge on any atom is -0.493 e. The van der Waals surface area contributed by atoms with Gasteiger partial charge in [0.1, 0.15) is 0 Å². The fraction of sp³-hybridized carbons (Fsp3) is 0.476. The molecular weight excluding hydrogens is 384 g/mol. The minimum atomic E-state index is -0.175. The molecule has 30 heavy (non-hydrogen) atoms. The standard InChI is InChI=1S/C21H28N6O3/c1-12-17-15(11-16(29-5)18(12)30-6)23-20(24-19(17)28)26-7-9-27(10-8-26)21-22-13(2)14(3)25(21)4/h11H,7-10H2,1-6H3,(H,23,24,28). The number of hydrogen-bond donors (Lipinski definition) is 1. The first-order chi connectivity index (χ1) is 14.3. The zero-order valence-corrected chi connectivity index (χ0v) is 18.4. The van der Waals surface area contributed by atoms with Gasteiger partial charge in [-0.05, 0) is 20.8 Å². The molecule has 9 heteroatoms. The molecule has 0 aliphatic carbocycles. The summed E-state index contributed by atoms with van der Waals surface area (Å²) in [5.74, 6) is 2.68. The Balaban J connectivity index is 1.63. The number of fused-ring (bicyclic) bond motifs is 1. The first-order valence-electron chi connectivity index (χ1n) is 10.0. The lowest BCUT2D eigenvalue weighted by Gasteiger charge is -2.35. The topological polar surface area (TPSA) is 88.5 Å². The Hall–Kier alpha value is -3.23. The third-order valence-corrected chi connectivity index (χ3v) is 6.02. The van der Waals surface area contributed by atoms with Gasteiger partial charge in [0.05, 0.1) is 30.8 Å². The third kappa shape index (κ3) is 3.14. The highest BCUT2D eigenvalue weighted by Crippen LogP contribution is 2.35. The summed E-state index contributed by atoms with van der Waals surface area (Å²) in [6, 6.07) is 1.76. The average Bonchev–Trinajstić information content (AvgIpc) is 3.00. The molecule has 0 unspecified atom stereocenters. The van der Waals surface area contributed by atoms with E-state index in [2.05, 4.69) is 26.3 Å². The molecule has 1 N–H and O–H groups in total. The lowest BCUT2D eigenvalue weighted by atomic mass is 10.1. The van der Waals surface area contributed by atoms with E-state index in [0.717, 1.165) is 43.4 Å². The van der Waals surface area contributed by atoms with Crippen LogP contribution in [0.2, 0.25) is 0 Å². The highest BCUT2D eigenvalue weighted by atomic mass is 16.5. The molecule has 1 aromatic carbocycles. The number of ether oxygens (including phenoxy) is 2. The van der Waals surface area contributed by atoms with Crippen molar-refractivity contribution in [3.8, 4) is 11.5 Å². The van der Waals surface area contributed by atoms with Crippen molar-refractivity contribution in [2.24, 2.45) is 7.05 Å². The maximum atomic E-state index is 12.9. The van der Waals surface area contributed by atoms with E-state index in [1.54, 1.807) is 20.3 Å². The number of methoxy groups -OCH3 is 2. The van der Waals surface area contributed by atoms with E-state index in [1.807, 2.05) is 20.9 Å². The molecule has 2 aromatic heterocycles. The molecule has 1 saturated heterocycles. The number of aromatic amines is 1. The Morgan fingerprint density at radius 3 is 2.23 bits per heavy atom. The van der Waals surface area contributed by atoms with E-state index in [0.29, 0.717) is 28.4 Å². The van der Waals surface area contributed by atoms with Crippen LogP contribution in [0.3, 0.4) is 0 Å². The number of piperazine rings is 1. The van der Waals surface area contributed by atoms with Crippen LogP contribution < -0.4 is 24.8 Å². The van der Waals surface area contributed by atoms with Gasteiger partial charge in [-0.2, -0.15) is 0 Å². The summed E-state index contributed by atoms with van der Waals surface area (Å²) in [5, 5.41) is 0.522. The summed E-state index contributed by atoms with van der Waals surface area (Å²) < 4.78 is 13.0. The van der Waals surface area contributed by atoms with E-state index in [1.165, 1.54) is 5.69 Å². The SMILES string of the molecule is COc1cc2nc(N3CCN(c4nc(C)c(C)n4C)CC3)[nH]c(=O)c2c(C)c1OC. The van der Waals surface area contributed by atoms with Crippen LogP contribution in [0.4, 0.5) is 11.9 Å². The summed E-state index contributed by atoms with van der Waals surface area (Å²) in [6.07, 6.45) is 0. The largest absolute Gasteiger partial charge is 0.493 e. The summed E-state index contributed by atoms with van der Waals surface area (Å²) in [4.78, 5) is 29.6.